The number of carbonyl (C=O) groups is 1. The second-order valence-electron chi connectivity index (χ2n) is 3.19. The average molecular weight is 195 g/mol. The van der Waals surface area contributed by atoms with Gasteiger partial charge in [0.25, 0.3) is 5.91 Å². The molecule has 1 rings (SSSR count). The molecule has 0 fully saturated rings. The van der Waals surface area contributed by atoms with E-state index < -0.39 is 0 Å². The number of allylic oxidation sites excluding steroid dienone is 1. The van der Waals surface area contributed by atoms with Crippen LogP contribution in [0.15, 0.2) is 16.6 Å². The Morgan fingerprint density at radius 2 is 2.15 bits per heavy atom. The maximum absolute atomic E-state index is 11.3. The lowest BCUT2D eigenvalue weighted by atomic mass is 10.00. The molecule has 0 bridgehead atoms. The minimum absolute atomic E-state index is 0.197. The Hall–Kier alpha value is -0.790. The molecule has 0 unspecified atom stereocenters. The lowest BCUT2D eigenvalue weighted by Gasteiger charge is -2.07. The Morgan fingerprint density at radius 1 is 1.38 bits per heavy atom. The van der Waals surface area contributed by atoms with Crippen molar-refractivity contribution < 1.29 is 4.79 Å². The predicted octanol–water partition coefficient (Wildman–Crippen LogP) is 2.90. The highest BCUT2D eigenvalue weighted by Gasteiger charge is 2.08. The maximum Gasteiger partial charge on any atom is 0.281 e. The fraction of sp³-hybridized carbons (Fsp3) is 0.600. The molecule has 0 radical (unpaired) electrons. The first kappa shape index (κ1) is 10.3. The topological polar surface area (TPSA) is 29.4 Å². The van der Waals surface area contributed by atoms with E-state index in [0.717, 1.165) is 24.8 Å². The van der Waals surface area contributed by atoms with E-state index in [1.165, 1.54) is 19.3 Å². The molecule has 1 amide bonds. The van der Waals surface area contributed by atoms with Crippen LogP contribution in [-0.2, 0) is 4.79 Å². The zero-order chi connectivity index (χ0) is 9.52. The van der Waals surface area contributed by atoms with Crippen LogP contribution in [0.3, 0.4) is 0 Å². The molecular weight excluding hydrogens is 182 g/mol. The summed E-state index contributed by atoms with van der Waals surface area (Å²) in [4.78, 5) is 14.8. The van der Waals surface area contributed by atoms with E-state index >= 15 is 0 Å². The first-order valence-corrected chi connectivity index (χ1v) is 5.06. The first-order valence-electron chi connectivity index (χ1n) is 4.66. The van der Waals surface area contributed by atoms with Gasteiger partial charge in [0.2, 0.25) is 0 Å². The highest BCUT2D eigenvalue weighted by molar-refractivity contribution is 7.78. The van der Waals surface area contributed by atoms with Gasteiger partial charge in [0.05, 0.1) is 5.16 Å². The van der Waals surface area contributed by atoms with Crippen LogP contribution in [0.5, 0.6) is 0 Å². The fourth-order valence-corrected chi connectivity index (χ4v) is 1.58. The summed E-state index contributed by atoms with van der Waals surface area (Å²) in [5.41, 5.74) is 0.817. The zero-order valence-electron chi connectivity index (χ0n) is 7.58. The molecule has 2 nitrogen and oxygen atoms in total. The Kier molecular flexibility index (Phi) is 4.58. The van der Waals surface area contributed by atoms with Crippen LogP contribution < -0.4 is 0 Å². The van der Waals surface area contributed by atoms with Crippen molar-refractivity contribution >= 4 is 23.3 Å². The number of carbonyl (C=O) groups excluding carboxylic acids is 1. The molecule has 0 spiro atoms. The third kappa shape index (κ3) is 3.62. The molecule has 0 aliphatic heterocycles. The van der Waals surface area contributed by atoms with Gasteiger partial charge in [-0.3, -0.25) is 4.79 Å². The Labute approximate surface area is 83.7 Å². The van der Waals surface area contributed by atoms with Crippen LogP contribution >= 0.6 is 12.2 Å². The first-order chi connectivity index (χ1) is 6.34. The van der Waals surface area contributed by atoms with Gasteiger partial charge < -0.3 is 0 Å². The van der Waals surface area contributed by atoms with E-state index in [0.29, 0.717) is 0 Å². The Balaban J connectivity index is 2.63. The van der Waals surface area contributed by atoms with Crippen LogP contribution in [0.2, 0.25) is 0 Å². The van der Waals surface area contributed by atoms with Gasteiger partial charge in [0.1, 0.15) is 0 Å². The fourth-order valence-electron chi connectivity index (χ4n) is 1.50. The van der Waals surface area contributed by atoms with Crippen molar-refractivity contribution in [1.82, 2.24) is 0 Å². The number of hydrogen-bond acceptors (Lipinski definition) is 2. The second-order valence-corrected chi connectivity index (χ2v) is 3.37. The van der Waals surface area contributed by atoms with Crippen molar-refractivity contribution in [3.63, 3.8) is 0 Å². The van der Waals surface area contributed by atoms with E-state index in [4.69, 9.17) is 0 Å². The molecule has 0 heterocycles. The smallest absolute Gasteiger partial charge is 0.266 e. The van der Waals surface area contributed by atoms with Crippen LogP contribution in [0.1, 0.15) is 38.5 Å². The van der Waals surface area contributed by atoms with E-state index in [9.17, 15) is 4.79 Å². The summed E-state index contributed by atoms with van der Waals surface area (Å²) in [5.74, 6) is -0.197. The van der Waals surface area contributed by atoms with E-state index in [1.54, 1.807) is 0 Å². The minimum Gasteiger partial charge on any atom is -0.266 e. The third-order valence-corrected chi connectivity index (χ3v) is 2.30. The second kappa shape index (κ2) is 5.79. The maximum atomic E-state index is 11.3. The van der Waals surface area contributed by atoms with Gasteiger partial charge in [-0.2, -0.15) is 4.99 Å². The summed E-state index contributed by atoms with van der Waals surface area (Å²) < 4.78 is 0. The van der Waals surface area contributed by atoms with Crippen LogP contribution in [-0.4, -0.2) is 11.1 Å². The molecule has 70 valence electrons. The van der Waals surface area contributed by atoms with Crippen molar-refractivity contribution in [2.24, 2.45) is 4.99 Å². The van der Waals surface area contributed by atoms with Crippen LogP contribution in [0.25, 0.3) is 0 Å². The lowest BCUT2D eigenvalue weighted by molar-refractivity contribution is -0.114. The Morgan fingerprint density at radius 3 is 2.92 bits per heavy atom. The molecular formula is C10H13NOS. The normalized spacial score (nSPS) is 17.7. The van der Waals surface area contributed by atoms with Crippen LogP contribution in [0, 0.1) is 0 Å². The summed E-state index contributed by atoms with van der Waals surface area (Å²) >= 11 is 4.39. The lowest BCUT2D eigenvalue weighted by Crippen LogP contribution is -2.00. The number of amides is 1. The molecule has 0 aromatic carbocycles. The monoisotopic (exact) mass is 195 g/mol. The predicted molar refractivity (Wildman–Crippen MR) is 55.8 cm³/mol. The van der Waals surface area contributed by atoms with Gasteiger partial charge in [-0.05, 0) is 37.9 Å². The van der Waals surface area contributed by atoms with Crippen molar-refractivity contribution in [3.8, 4) is 0 Å². The summed E-state index contributed by atoms with van der Waals surface area (Å²) in [5, 5.41) is 2.12. The molecule has 1 aliphatic carbocycles. The van der Waals surface area contributed by atoms with Gasteiger partial charge in [-0.15, -0.1) is 0 Å². The number of hydrogen-bond donors (Lipinski definition) is 0. The van der Waals surface area contributed by atoms with Gasteiger partial charge in [-0.1, -0.05) is 18.9 Å². The van der Waals surface area contributed by atoms with Gasteiger partial charge in [-0.25, -0.2) is 0 Å². The highest BCUT2D eigenvalue weighted by Crippen LogP contribution is 2.17. The number of nitrogens with zero attached hydrogens (tertiary/aromatic N) is 1. The molecule has 0 saturated carbocycles. The third-order valence-electron chi connectivity index (χ3n) is 2.21. The summed E-state index contributed by atoms with van der Waals surface area (Å²) in [6.07, 6.45) is 8.59. The number of aliphatic imine (C=N–C) groups is 1. The molecule has 3 heteroatoms. The van der Waals surface area contributed by atoms with Crippen molar-refractivity contribution in [2.45, 2.75) is 38.5 Å². The molecule has 0 atom stereocenters. The number of rotatable bonds is 1. The van der Waals surface area contributed by atoms with Gasteiger partial charge in [0.15, 0.2) is 0 Å². The van der Waals surface area contributed by atoms with Gasteiger partial charge >= 0.3 is 0 Å². The summed E-state index contributed by atoms with van der Waals surface area (Å²) in [6.45, 7) is 0. The zero-order valence-corrected chi connectivity index (χ0v) is 8.40. The largest absolute Gasteiger partial charge is 0.281 e. The number of thiocarbonyl (C=S) groups is 1. The van der Waals surface area contributed by atoms with Crippen molar-refractivity contribution in [2.75, 3.05) is 0 Å². The number of isothiocyanates is 1. The molecule has 0 aromatic rings. The van der Waals surface area contributed by atoms with Crippen molar-refractivity contribution in [1.29, 1.82) is 0 Å². The molecule has 0 saturated heterocycles. The minimum atomic E-state index is -0.197. The highest BCUT2D eigenvalue weighted by atomic mass is 32.1. The van der Waals surface area contributed by atoms with E-state index in [2.05, 4.69) is 22.4 Å². The Bertz CT molecular complexity index is 264. The standard InChI is InChI=1S/C10H13NOS/c12-10(11-8-13)9-6-4-2-1-3-5-7-9/h6H,1-5,7H2. The molecule has 1 aliphatic rings. The van der Waals surface area contributed by atoms with Gasteiger partial charge in [0, 0.05) is 5.57 Å². The average Bonchev–Trinajstić information content (AvgIpc) is 2.03. The van der Waals surface area contributed by atoms with Crippen molar-refractivity contribution in [3.05, 3.63) is 11.6 Å². The summed E-state index contributed by atoms with van der Waals surface area (Å²) in [6, 6.07) is 0. The molecule has 0 aromatic heterocycles. The van der Waals surface area contributed by atoms with Crippen LogP contribution in [0.4, 0.5) is 0 Å². The van der Waals surface area contributed by atoms with E-state index in [-0.39, 0.29) is 5.91 Å². The molecule has 0 N–H and O–H groups in total. The summed E-state index contributed by atoms with van der Waals surface area (Å²) in [7, 11) is 0. The SMILES string of the molecule is O=C(N=C=S)C1=CCCCCCC1. The quantitative estimate of drug-likeness (QED) is 0.475. The van der Waals surface area contributed by atoms with E-state index in [1.807, 2.05) is 6.08 Å². The molecule has 13 heavy (non-hydrogen) atoms.